The fourth-order valence-corrected chi connectivity index (χ4v) is 2.10. The normalized spacial score (nSPS) is 10.6. The molecule has 3 nitrogen and oxygen atoms in total. The molecular weight excluding hydrogens is 258 g/mol. The van der Waals surface area contributed by atoms with E-state index in [0.29, 0.717) is 11.0 Å². The van der Waals surface area contributed by atoms with Gasteiger partial charge in [0.25, 0.3) is 0 Å². The summed E-state index contributed by atoms with van der Waals surface area (Å²) >= 11 is 6.24. The summed E-state index contributed by atoms with van der Waals surface area (Å²) in [4.78, 5) is 8.76. The molecule has 19 heavy (non-hydrogen) atoms. The van der Waals surface area contributed by atoms with Crippen LogP contribution in [0.3, 0.4) is 0 Å². The summed E-state index contributed by atoms with van der Waals surface area (Å²) in [5, 5.41) is 4.75. The third-order valence-corrected chi connectivity index (χ3v) is 3.42. The van der Waals surface area contributed by atoms with E-state index in [-0.39, 0.29) is 0 Å². The van der Waals surface area contributed by atoms with Crippen LogP contribution in [0.1, 0.15) is 5.56 Å². The molecular formula is C15H12ClN3. The van der Waals surface area contributed by atoms with Gasteiger partial charge in [-0.2, -0.15) is 0 Å². The molecule has 0 aliphatic rings. The Morgan fingerprint density at radius 2 is 1.84 bits per heavy atom. The molecule has 3 aromatic rings. The standard InChI is InChI=1S/C15H12ClN3/c1-10-7-8-13-12(14(10)16)9-17-15(19-13)18-11-5-3-2-4-6-11/h2-9H,1H3,(H,17,18,19). The van der Waals surface area contributed by atoms with Gasteiger partial charge >= 0.3 is 0 Å². The fraction of sp³-hybridized carbons (Fsp3) is 0.0667. The third kappa shape index (κ3) is 2.37. The summed E-state index contributed by atoms with van der Waals surface area (Å²) in [6.07, 6.45) is 1.75. The number of para-hydroxylation sites is 1. The predicted molar refractivity (Wildman–Crippen MR) is 79.0 cm³/mol. The number of benzene rings is 2. The molecule has 3 rings (SSSR count). The highest BCUT2D eigenvalue weighted by Crippen LogP contribution is 2.26. The van der Waals surface area contributed by atoms with E-state index >= 15 is 0 Å². The van der Waals surface area contributed by atoms with Crippen molar-refractivity contribution < 1.29 is 0 Å². The van der Waals surface area contributed by atoms with Crippen LogP contribution in [0.2, 0.25) is 5.02 Å². The quantitative estimate of drug-likeness (QED) is 0.752. The molecule has 0 aliphatic heterocycles. The molecule has 0 unspecified atom stereocenters. The zero-order chi connectivity index (χ0) is 13.2. The Morgan fingerprint density at radius 3 is 2.63 bits per heavy atom. The van der Waals surface area contributed by atoms with Gasteiger partial charge in [-0.15, -0.1) is 0 Å². The summed E-state index contributed by atoms with van der Waals surface area (Å²) in [5.41, 5.74) is 2.82. The first-order chi connectivity index (χ1) is 9.24. The van der Waals surface area contributed by atoms with Gasteiger partial charge in [-0.05, 0) is 30.7 Å². The van der Waals surface area contributed by atoms with Crippen molar-refractivity contribution in [3.63, 3.8) is 0 Å². The number of aryl methyl sites for hydroxylation is 1. The summed E-state index contributed by atoms with van der Waals surface area (Å²) in [6.45, 7) is 1.97. The Labute approximate surface area is 116 Å². The third-order valence-electron chi connectivity index (χ3n) is 2.92. The molecule has 1 aromatic heterocycles. The average Bonchev–Trinajstić information content (AvgIpc) is 2.44. The molecule has 0 amide bonds. The largest absolute Gasteiger partial charge is 0.324 e. The first-order valence-electron chi connectivity index (χ1n) is 5.98. The summed E-state index contributed by atoms with van der Waals surface area (Å²) in [7, 11) is 0. The minimum Gasteiger partial charge on any atom is -0.324 e. The Hall–Kier alpha value is -2.13. The van der Waals surface area contributed by atoms with E-state index in [0.717, 1.165) is 22.2 Å². The first kappa shape index (κ1) is 11.9. The van der Waals surface area contributed by atoms with Crippen LogP contribution in [0.25, 0.3) is 10.9 Å². The molecule has 1 N–H and O–H groups in total. The molecule has 94 valence electrons. The summed E-state index contributed by atoms with van der Waals surface area (Å²) in [6, 6.07) is 13.7. The minimum atomic E-state index is 0.568. The highest BCUT2D eigenvalue weighted by Gasteiger charge is 2.05. The molecule has 0 atom stereocenters. The van der Waals surface area contributed by atoms with Crippen LogP contribution >= 0.6 is 11.6 Å². The monoisotopic (exact) mass is 269 g/mol. The Kier molecular flexibility index (Phi) is 3.05. The maximum atomic E-state index is 6.24. The van der Waals surface area contributed by atoms with Crippen molar-refractivity contribution in [3.05, 3.63) is 59.2 Å². The van der Waals surface area contributed by atoms with Crippen LogP contribution < -0.4 is 5.32 Å². The zero-order valence-electron chi connectivity index (χ0n) is 10.4. The molecule has 4 heteroatoms. The molecule has 0 aliphatic carbocycles. The van der Waals surface area contributed by atoms with E-state index < -0.39 is 0 Å². The molecule has 0 bridgehead atoms. The second kappa shape index (κ2) is 4.86. The van der Waals surface area contributed by atoms with Crippen molar-refractivity contribution in [2.45, 2.75) is 6.92 Å². The average molecular weight is 270 g/mol. The highest BCUT2D eigenvalue weighted by atomic mass is 35.5. The number of aromatic nitrogens is 2. The Balaban J connectivity index is 2.01. The van der Waals surface area contributed by atoms with Crippen LogP contribution in [0.4, 0.5) is 11.6 Å². The van der Waals surface area contributed by atoms with Crippen LogP contribution in [0.15, 0.2) is 48.7 Å². The van der Waals surface area contributed by atoms with Crippen molar-refractivity contribution in [3.8, 4) is 0 Å². The molecule has 0 spiro atoms. The van der Waals surface area contributed by atoms with E-state index in [9.17, 15) is 0 Å². The Morgan fingerprint density at radius 1 is 1.05 bits per heavy atom. The lowest BCUT2D eigenvalue weighted by Gasteiger charge is -2.07. The van der Waals surface area contributed by atoms with E-state index in [1.54, 1.807) is 6.20 Å². The number of anilines is 2. The van der Waals surface area contributed by atoms with Crippen LogP contribution in [-0.4, -0.2) is 9.97 Å². The topological polar surface area (TPSA) is 37.8 Å². The van der Waals surface area contributed by atoms with Gasteiger partial charge in [0.1, 0.15) is 0 Å². The SMILES string of the molecule is Cc1ccc2nc(Nc3ccccc3)ncc2c1Cl. The van der Waals surface area contributed by atoms with Crippen molar-refractivity contribution in [2.24, 2.45) is 0 Å². The smallest absolute Gasteiger partial charge is 0.227 e. The maximum Gasteiger partial charge on any atom is 0.227 e. The van der Waals surface area contributed by atoms with Gasteiger partial charge in [0.05, 0.1) is 10.5 Å². The molecule has 0 saturated carbocycles. The second-order valence-corrected chi connectivity index (χ2v) is 4.69. The molecule has 2 aromatic carbocycles. The van der Waals surface area contributed by atoms with Gasteiger partial charge in [-0.25, -0.2) is 9.97 Å². The maximum absolute atomic E-state index is 6.24. The van der Waals surface area contributed by atoms with Crippen molar-refractivity contribution >= 4 is 34.1 Å². The van der Waals surface area contributed by atoms with Gasteiger partial charge in [-0.3, -0.25) is 0 Å². The summed E-state index contributed by atoms with van der Waals surface area (Å²) in [5.74, 6) is 0.568. The number of hydrogen-bond donors (Lipinski definition) is 1. The summed E-state index contributed by atoms with van der Waals surface area (Å²) < 4.78 is 0. The van der Waals surface area contributed by atoms with Gasteiger partial charge in [-0.1, -0.05) is 35.9 Å². The highest BCUT2D eigenvalue weighted by molar-refractivity contribution is 6.36. The molecule has 0 saturated heterocycles. The number of nitrogens with zero attached hydrogens (tertiary/aromatic N) is 2. The number of fused-ring (bicyclic) bond motifs is 1. The van der Waals surface area contributed by atoms with Crippen LogP contribution in [0, 0.1) is 6.92 Å². The molecule has 0 radical (unpaired) electrons. The van der Waals surface area contributed by atoms with Gasteiger partial charge in [0, 0.05) is 17.3 Å². The number of rotatable bonds is 2. The van der Waals surface area contributed by atoms with E-state index in [4.69, 9.17) is 11.6 Å². The minimum absolute atomic E-state index is 0.568. The van der Waals surface area contributed by atoms with Crippen molar-refractivity contribution in [1.29, 1.82) is 0 Å². The zero-order valence-corrected chi connectivity index (χ0v) is 11.1. The van der Waals surface area contributed by atoms with Gasteiger partial charge in [0.15, 0.2) is 0 Å². The number of nitrogens with one attached hydrogen (secondary N) is 1. The number of halogens is 1. The van der Waals surface area contributed by atoms with Crippen molar-refractivity contribution in [1.82, 2.24) is 9.97 Å². The van der Waals surface area contributed by atoms with Crippen LogP contribution in [-0.2, 0) is 0 Å². The van der Waals surface area contributed by atoms with E-state index in [1.165, 1.54) is 0 Å². The van der Waals surface area contributed by atoms with E-state index in [1.807, 2.05) is 49.4 Å². The lowest BCUT2D eigenvalue weighted by molar-refractivity contribution is 1.21. The van der Waals surface area contributed by atoms with Gasteiger partial charge < -0.3 is 5.32 Å². The Bertz CT molecular complexity index is 726. The van der Waals surface area contributed by atoms with E-state index in [2.05, 4.69) is 15.3 Å². The number of hydrogen-bond acceptors (Lipinski definition) is 3. The predicted octanol–water partition coefficient (Wildman–Crippen LogP) is 4.34. The lowest BCUT2D eigenvalue weighted by atomic mass is 10.2. The molecule has 1 heterocycles. The molecule has 0 fully saturated rings. The second-order valence-electron chi connectivity index (χ2n) is 4.31. The lowest BCUT2D eigenvalue weighted by Crippen LogP contribution is -1.97. The van der Waals surface area contributed by atoms with Gasteiger partial charge in [0.2, 0.25) is 5.95 Å². The van der Waals surface area contributed by atoms with Crippen LogP contribution in [0.5, 0.6) is 0 Å². The van der Waals surface area contributed by atoms with Crippen molar-refractivity contribution in [2.75, 3.05) is 5.32 Å². The first-order valence-corrected chi connectivity index (χ1v) is 6.36. The fourth-order valence-electron chi connectivity index (χ4n) is 1.89.